The van der Waals surface area contributed by atoms with Crippen molar-refractivity contribution in [2.24, 2.45) is 11.8 Å². The lowest BCUT2D eigenvalue weighted by Crippen LogP contribution is -2.74. The van der Waals surface area contributed by atoms with Gasteiger partial charge in [0.05, 0.1) is 19.1 Å². The zero-order chi connectivity index (χ0) is 20.4. The fraction of sp³-hybridized carbons (Fsp3) is 0.652. The number of ketones is 1. The zero-order valence-electron chi connectivity index (χ0n) is 16.9. The predicted molar refractivity (Wildman–Crippen MR) is 106 cm³/mol. The lowest BCUT2D eigenvalue weighted by molar-refractivity contribution is -0.183. The number of carboxylic acid groups (broad SMARTS) is 1. The number of carboxylic acids is 1. The molecule has 1 aliphatic heterocycles. The average Bonchev–Trinajstić information content (AvgIpc) is 3.48. The van der Waals surface area contributed by atoms with Crippen LogP contribution >= 0.6 is 0 Å². The number of aliphatic hydroxyl groups is 1. The van der Waals surface area contributed by atoms with E-state index < -0.39 is 22.9 Å². The van der Waals surface area contributed by atoms with Crippen molar-refractivity contribution < 1.29 is 24.5 Å². The monoisotopic (exact) mass is 399 g/mol. The van der Waals surface area contributed by atoms with Crippen molar-refractivity contribution in [1.29, 1.82) is 0 Å². The molecule has 156 valence electrons. The quantitative estimate of drug-likeness (QED) is 0.789. The summed E-state index contributed by atoms with van der Waals surface area (Å²) in [5.41, 5.74) is 0.480. The fourth-order valence-electron chi connectivity index (χ4n) is 6.35. The zero-order valence-corrected chi connectivity index (χ0v) is 16.9. The van der Waals surface area contributed by atoms with E-state index in [4.69, 9.17) is 4.74 Å². The van der Waals surface area contributed by atoms with Gasteiger partial charge in [-0.25, -0.2) is 0 Å². The topological polar surface area (TPSA) is 87.1 Å². The Kier molecular flexibility index (Phi) is 4.30. The van der Waals surface area contributed by atoms with Crippen LogP contribution < -0.4 is 4.74 Å². The van der Waals surface area contributed by atoms with Crippen LogP contribution in [0.1, 0.15) is 49.7 Å². The molecule has 6 nitrogen and oxygen atoms in total. The molecule has 3 aliphatic carbocycles. The highest BCUT2D eigenvalue weighted by Crippen LogP contribution is 2.59. The van der Waals surface area contributed by atoms with Crippen molar-refractivity contribution >= 4 is 11.8 Å². The molecule has 0 radical (unpaired) electrons. The summed E-state index contributed by atoms with van der Waals surface area (Å²) in [6.45, 7) is 1.86. The number of aliphatic carboxylic acids is 1. The first-order valence-corrected chi connectivity index (χ1v) is 10.7. The number of likely N-dealkylation sites (tertiary alicyclic amines) is 1. The molecule has 0 unspecified atom stereocenters. The summed E-state index contributed by atoms with van der Waals surface area (Å²) in [5.74, 6) is -0.160. The van der Waals surface area contributed by atoms with Crippen LogP contribution in [0.25, 0.3) is 0 Å². The number of methoxy groups -OCH3 is 1. The number of fused-ring (bicyclic) bond motifs is 1. The second-order valence-corrected chi connectivity index (χ2v) is 9.58. The minimum Gasteiger partial charge on any atom is -0.497 e. The minimum atomic E-state index is -1.09. The molecule has 2 bridgehead atoms. The van der Waals surface area contributed by atoms with Gasteiger partial charge in [-0.15, -0.1) is 0 Å². The van der Waals surface area contributed by atoms with E-state index in [9.17, 15) is 19.8 Å². The lowest BCUT2D eigenvalue weighted by Gasteiger charge is -2.64. The Morgan fingerprint density at radius 1 is 1.34 bits per heavy atom. The summed E-state index contributed by atoms with van der Waals surface area (Å²) in [5, 5.41) is 21.6. The number of nitrogens with zero attached hydrogens (tertiary/aromatic N) is 1. The average molecular weight is 399 g/mol. The van der Waals surface area contributed by atoms with E-state index in [2.05, 4.69) is 11.0 Å². The van der Waals surface area contributed by atoms with Crippen LogP contribution in [0.15, 0.2) is 18.2 Å². The molecule has 1 aromatic rings. The highest BCUT2D eigenvalue weighted by Gasteiger charge is 2.66. The van der Waals surface area contributed by atoms with Crippen LogP contribution in [0.2, 0.25) is 0 Å². The molecule has 0 spiro atoms. The smallest absolute Gasteiger partial charge is 0.304 e. The molecule has 2 saturated carbocycles. The van der Waals surface area contributed by atoms with E-state index in [1.54, 1.807) is 7.11 Å². The molecule has 0 amide bonds. The number of hydrogen-bond acceptors (Lipinski definition) is 5. The van der Waals surface area contributed by atoms with Crippen LogP contribution in [-0.4, -0.2) is 58.7 Å². The molecular formula is C23H29NO5. The SMILES string of the molecule is COc1ccc2c(c1)[C@]13CCN(CC4CC4)[C@H](C2)[C@]1(O)C[C@H](CC(=O)O)C(=O)C3. The standard InChI is InChI=1S/C23H29NO5/c1-29-17-5-4-15-8-20-23(28)11-16(9-21(26)27)19(25)12-22(23,18(15)10-17)6-7-24(20)13-14-2-3-14/h4-5,10,14,16,20,28H,2-3,6-9,11-13H2,1H3,(H,26,27)/t16-,20+,22+,23+/m0/s1. The number of ether oxygens (including phenoxy) is 1. The Morgan fingerprint density at radius 3 is 2.83 bits per heavy atom. The predicted octanol–water partition coefficient (Wildman–Crippen LogP) is 2.16. The number of benzene rings is 1. The normalized spacial score (nSPS) is 36.3. The molecule has 5 rings (SSSR count). The van der Waals surface area contributed by atoms with Gasteiger partial charge in [-0.1, -0.05) is 6.07 Å². The van der Waals surface area contributed by atoms with E-state index in [-0.39, 0.29) is 31.1 Å². The Hall–Kier alpha value is -1.92. The number of hydrogen-bond donors (Lipinski definition) is 2. The van der Waals surface area contributed by atoms with Crippen molar-refractivity contribution in [3.63, 3.8) is 0 Å². The van der Waals surface area contributed by atoms with Crippen LogP contribution in [0.3, 0.4) is 0 Å². The van der Waals surface area contributed by atoms with Gasteiger partial charge >= 0.3 is 5.97 Å². The van der Waals surface area contributed by atoms with Crippen molar-refractivity contribution in [2.75, 3.05) is 20.2 Å². The Morgan fingerprint density at radius 2 is 2.14 bits per heavy atom. The summed E-state index contributed by atoms with van der Waals surface area (Å²) < 4.78 is 5.46. The van der Waals surface area contributed by atoms with Gasteiger partial charge in [0.2, 0.25) is 0 Å². The fourth-order valence-corrected chi connectivity index (χ4v) is 6.35. The molecule has 0 aromatic heterocycles. The molecular weight excluding hydrogens is 370 g/mol. The van der Waals surface area contributed by atoms with E-state index in [0.717, 1.165) is 37.2 Å². The van der Waals surface area contributed by atoms with Crippen molar-refractivity contribution in [3.05, 3.63) is 29.3 Å². The highest BCUT2D eigenvalue weighted by atomic mass is 16.5. The second kappa shape index (κ2) is 6.54. The molecule has 4 atom stereocenters. The number of carbonyl (C=O) groups excluding carboxylic acids is 1. The highest BCUT2D eigenvalue weighted by molar-refractivity contribution is 5.88. The Balaban J connectivity index is 1.61. The molecule has 1 heterocycles. The number of piperidine rings is 1. The maximum Gasteiger partial charge on any atom is 0.304 e. The third-order valence-electron chi connectivity index (χ3n) is 7.99. The third kappa shape index (κ3) is 2.83. The summed E-state index contributed by atoms with van der Waals surface area (Å²) in [6, 6.07) is 5.97. The summed E-state index contributed by atoms with van der Waals surface area (Å²) in [7, 11) is 1.63. The first kappa shape index (κ1) is 19.1. The van der Waals surface area contributed by atoms with E-state index in [1.165, 1.54) is 18.4 Å². The van der Waals surface area contributed by atoms with Gasteiger partial charge < -0.3 is 14.9 Å². The van der Waals surface area contributed by atoms with Crippen molar-refractivity contribution in [2.45, 2.75) is 62.0 Å². The van der Waals surface area contributed by atoms with E-state index in [1.807, 2.05) is 12.1 Å². The second-order valence-electron chi connectivity index (χ2n) is 9.58. The third-order valence-corrected chi connectivity index (χ3v) is 7.99. The summed E-state index contributed by atoms with van der Waals surface area (Å²) in [4.78, 5) is 26.8. The largest absolute Gasteiger partial charge is 0.497 e. The molecule has 29 heavy (non-hydrogen) atoms. The van der Waals surface area contributed by atoms with Gasteiger partial charge in [0.25, 0.3) is 0 Å². The van der Waals surface area contributed by atoms with Crippen LogP contribution in [-0.2, 0) is 21.4 Å². The van der Waals surface area contributed by atoms with Crippen molar-refractivity contribution in [1.82, 2.24) is 4.90 Å². The van der Waals surface area contributed by atoms with Crippen LogP contribution in [0.4, 0.5) is 0 Å². The first-order chi connectivity index (χ1) is 13.9. The summed E-state index contributed by atoms with van der Waals surface area (Å²) in [6.07, 6.45) is 4.21. The van der Waals surface area contributed by atoms with Gasteiger partial charge in [-0.3, -0.25) is 14.5 Å². The molecule has 4 aliphatic rings. The Bertz CT molecular complexity index is 865. The van der Waals surface area contributed by atoms with Gasteiger partial charge in [-0.05, 0) is 67.8 Å². The molecule has 1 saturated heterocycles. The van der Waals surface area contributed by atoms with Crippen LogP contribution in [0.5, 0.6) is 5.75 Å². The number of carbonyl (C=O) groups is 2. The molecule has 1 aromatic carbocycles. The number of Topliss-reactive ketones (excluding diaryl/α,β-unsaturated/α-hetero) is 1. The maximum atomic E-state index is 13.0. The van der Waals surface area contributed by atoms with E-state index >= 15 is 0 Å². The lowest BCUT2D eigenvalue weighted by atomic mass is 9.47. The summed E-state index contributed by atoms with van der Waals surface area (Å²) >= 11 is 0. The van der Waals surface area contributed by atoms with Gasteiger partial charge in [-0.2, -0.15) is 0 Å². The van der Waals surface area contributed by atoms with Gasteiger partial charge in [0.1, 0.15) is 11.5 Å². The maximum absolute atomic E-state index is 13.0. The van der Waals surface area contributed by atoms with Gasteiger partial charge in [0.15, 0.2) is 0 Å². The van der Waals surface area contributed by atoms with E-state index in [0.29, 0.717) is 5.92 Å². The minimum absolute atomic E-state index is 0.0258. The Labute approximate surface area is 170 Å². The van der Waals surface area contributed by atoms with Crippen molar-refractivity contribution in [3.8, 4) is 5.75 Å². The van der Waals surface area contributed by atoms with Gasteiger partial charge in [0, 0.05) is 30.3 Å². The first-order valence-electron chi connectivity index (χ1n) is 10.7. The molecule has 3 fully saturated rings. The number of rotatable bonds is 5. The molecule has 2 N–H and O–H groups in total. The molecule has 6 heteroatoms. The van der Waals surface area contributed by atoms with Crippen LogP contribution in [0, 0.1) is 11.8 Å².